The Morgan fingerprint density at radius 2 is 2.27 bits per heavy atom. The third-order valence-corrected chi connectivity index (χ3v) is 2.68. The number of halogens is 1. The first-order valence-electron chi connectivity index (χ1n) is 4.56. The zero-order chi connectivity index (χ0) is 8.10. The molecule has 1 nitrogen and oxygen atoms in total. The lowest BCUT2D eigenvalue weighted by Gasteiger charge is -2.06. The van der Waals surface area contributed by atoms with Crippen LogP contribution in [0, 0.1) is 5.92 Å². The Kier molecular flexibility index (Phi) is 4.24. The highest BCUT2D eigenvalue weighted by atomic mass is 35.5. The highest BCUT2D eigenvalue weighted by Crippen LogP contribution is 2.37. The van der Waals surface area contributed by atoms with E-state index in [9.17, 15) is 0 Å². The molecule has 0 amide bonds. The second-order valence-corrected chi connectivity index (χ2v) is 3.75. The maximum atomic E-state index is 6.10. The molecule has 0 heterocycles. The number of alkyl halides is 1. The van der Waals surface area contributed by atoms with Crippen LogP contribution in [0.1, 0.15) is 32.6 Å². The van der Waals surface area contributed by atoms with Gasteiger partial charge in [0.05, 0.1) is 0 Å². The van der Waals surface area contributed by atoms with Gasteiger partial charge in [-0.15, -0.1) is 11.6 Å². The van der Waals surface area contributed by atoms with Gasteiger partial charge < -0.3 is 4.74 Å². The molecule has 1 saturated carbocycles. The molecular formula is C9H17ClO. The minimum Gasteiger partial charge on any atom is -0.382 e. The zero-order valence-corrected chi connectivity index (χ0v) is 7.94. The smallest absolute Gasteiger partial charge is 0.0466 e. The first-order valence-corrected chi connectivity index (χ1v) is 5.00. The van der Waals surface area contributed by atoms with Crippen LogP contribution in [0.3, 0.4) is 0 Å². The lowest BCUT2D eigenvalue weighted by atomic mass is 10.2. The van der Waals surface area contributed by atoms with Crippen molar-refractivity contribution < 1.29 is 4.74 Å². The maximum Gasteiger partial charge on any atom is 0.0466 e. The highest BCUT2D eigenvalue weighted by Gasteiger charge is 2.28. The van der Waals surface area contributed by atoms with Gasteiger partial charge in [-0.1, -0.05) is 0 Å². The van der Waals surface area contributed by atoms with Crippen molar-refractivity contribution >= 4 is 11.6 Å². The zero-order valence-electron chi connectivity index (χ0n) is 7.18. The molecule has 1 unspecified atom stereocenters. The van der Waals surface area contributed by atoms with Crippen molar-refractivity contribution in [3.63, 3.8) is 0 Å². The molecule has 0 aromatic heterocycles. The highest BCUT2D eigenvalue weighted by molar-refractivity contribution is 6.20. The Morgan fingerprint density at radius 3 is 2.82 bits per heavy atom. The summed E-state index contributed by atoms with van der Waals surface area (Å²) in [4.78, 5) is 0. The predicted octanol–water partition coefficient (Wildman–Crippen LogP) is 2.82. The van der Waals surface area contributed by atoms with Crippen molar-refractivity contribution in [2.45, 2.75) is 38.0 Å². The molecule has 0 aromatic rings. The van der Waals surface area contributed by atoms with Crippen LogP contribution in [0.15, 0.2) is 0 Å². The van der Waals surface area contributed by atoms with Crippen molar-refractivity contribution in [1.29, 1.82) is 0 Å². The first kappa shape index (κ1) is 9.34. The molecule has 1 atom stereocenters. The monoisotopic (exact) mass is 176 g/mol. The van der Waals surface area contributed by atoms with Gasteiger partial charge in [-0.3, -0.25) is 0 Å². The van der Waals surface area contributed by atoms with E-state index in [1.807, 2.05) is 6.92 Å². The van der Waals surface area contributed by atoms with Crippen LogP contribution < -0.4 is 0 Å². The summed E-state index contributed by atoms with van der Waals surface area (Å²) in [6, 6.07) is 0. The third kappa shape index (κ3) is 3.97. The first-order chi connectivity index (χ1) is 5.34. The van der Waals surface area contributed by atoms with Crippen LogP contribution >= 0.6 is 11.6 Å². The third-order valence-electron chi connectivity index (χ3n) is 2.11. The summed E-state index contributed by atoms with van der Waals surface area (Å²) >= 11 is 6.10. The number of ether oxygens (including phenoxy) is 1. The molecule has 0 N–H and O–H groups in total. The summed E-state index contributed by atoms with van der Waals surface area (Å²) in [5.41, 5.74) is 0. The van der Waals surface area contributed by atoms with E-state index in [2.05, 4.69) is 0 Å². The summed E-state index contributed by atoms with van der Waals surface area (Å²) in [7, 11) is 0. The second-order valence-electron chi connectivity index (χ2n) is 3.19. The molecular weight excluding hydrogens is 160 g/mol. The van der Waals surface area contributed by atoms with E-state index in [-0.39, 0.29) is 0 Å². The van der Waals surface area contributed by atoms with E-state index < -0.39 is 0 Å². The van der Waals surface area contributed by atoms with Crippen molar-refractivity contribution in [2.75, 3.05) is 13.2 Å². The summed E-state index contributed by atoms with van der Waals surface area (Å²) in [6.07, 6.45) is 4.95. The van der Waals surface area contributed by atoms with Gasteiger partial charge in [0.2, 0.25) is 0 Å². The molecule has 66 valence electrons. The Bertz CT molecular complexity index is 102. The maximum absolute atomic E-state index is 6.10. The Hall–Kier alpha value is 0.250. The molecule has 11 heavy (non-hydrogen) atoms. The average molecular weight is 177 g/mol. The molecule has 0 aromatic carbocycles. The Morgan fingerprint density at radius 1 is 1.55 bits per heavy atom. The molecule has 1 aliphatic rings. The van der Waals surface area contributed by atoms with Crippen molar-refractivity contribution in [1.82, 2.24) is 0 Å². The molecule has 0 radical (unpaired) electrons. The van der Waals surface area contributed by atoms with Crippen molar-refractivity contribution in [2.24, 2.45) is 5.92 Å². The molecule has 1 aliphatic carbocycles. The number of hydrogen-bond donors (Lipinski definition) is 0. The van der Waals surface area contributed by atoms with Gasteiger partial charge in [-0.25, -0.2) is 0 Å². The SMILES string of the molecule is CCOCCCC(Cl)C1CC1. The molecule has 0 spiro atoms. The van der Waals surface area contributed by atoms with Crippen molar-refractivity contribution in [3.8, 4) is 0 Å². The largest absolute Gasteiger partial charge is 0.382 e. The van der Waals surface area contributed by atoms with E-state index in [1.165, 1.54) is 12.8 Å². The fourth-order valence-corrected chi connectivity index (χ4v) is 1.62. The standard InChI is InChI=1S/C9H17ClO/c1-2-11-7-3-4-9(10)8-5-6-8/h8-9H,2-7H2,1H3. The van der Waals surface area contributed by atoms with Crippen LogP contribution in [0.2, 0.25) is 0 Å². The molecule has 0 bridgehead atoms. The van der Waals surface area contributed by atoms with Gasteiger partial charge in [0.15, 0.2) is 0 Å². The van der Waals surface area contributed by atoms with Gasteiger partial charge >= 0.3 is 0 Å². The fraction of sp³-hybridized carbons (Fsp3) is 1.00. The van der Waals surface area contributed by atoms with Crippen LogP contribution in [0.25, 0.3) is 0 Å². The average Bonchev–Trinajstić information content (AvgIpc) is 2.79. The summed E-state index contributed by atoms with van der Waals surface area (Å²) in [5.74, 6) is 0.832. The lowest BCUT2D eigenvalue weighted by Crippen LogP contribution is -2.03. The van der Waals surface area contributed by atoms with Crippen LogP contribution in [0.5, 0.6) is 0 Å². The Labute approximate surface area is 74.1 Å². The molecule has 0 saturated heterocycles. The molecule has 1 rings (SSSR count). The van der Waals surface area contributed by atoms with Crippen LogP contribution in [-0.4, -0.2) is 18.6 Å². The molecule has 0 aliphatic heterocycles. The van der Waals surface area contributed by atoms with E-state index in [1.54, 1.807) is 0 Å². The summed E-state index contributed by atoms with van der Waals surface area (Å²) in [6.45, 7) is 3.74. The Balaban J connectivity index is 1.85. The normalized spacial score (nSPS) is 20.2. The second kappa shape index (κ2) is 5.00. The van der Waals surface area contributed by atoms with E-state index in [4.69, 9.17) is 16.3 Å². The lowest BCUT2D eigenvalue weighted by molar-refractivity contribution is 0.143. The van der Waals surface area contributed by atoms with Gasteiger partial charge in [0.1, 0.15) is 0 Å². The van der Waals surface area contributed by atoms with E-state index in [0.29, 0.717) is 5.38 Å². The minimum absolute atomic E-state index is 0.426. The van der Waals surface area contributed by atoms with Gasteiger partial charge in [0.25, 0.3) is 0 Å². The molecule has 2 heteroatoms. The molecule has 1 fully saturated rings. The quantitative estimate of drug-likeness (QED) is 0.447. The van der Waals surface area contributed by atoms with E-state index in [0.717, 1.165) is 32.0 Å². The van der Waals surface area contributed by atoms with Gasteiger partial charge in [-0.2, -0.15) is 0 Å². The topological polar surface area (TPSA) is 9.23 Å². The number of rotatable bonds is 6. The van der Waals surface area contributed by atoms with Crippen LogP contribution in [0.4, 0.5) is 0 Å². The minimum atomic E-state index is 0.426. The van der Waals surface area contributed by atoms with Gasteiger partial charge in [-0.05, 0) is 38.5 Å². The number of hydrogen-bond acceptors (Lipinski definition) is 1. The summed E-state index contributed by atoms with van der Waals surface area (Å²) in [5, 5.41) is 0.426. The predicted molar refractivity (Wildman–Crippen MR) is 48.1 cm³/mol. The van der Waals surface area contributed by atoms with Crippen molar-refractivity contribution in [3.05, 3.63) is 0 Å². The summed E-state index contributed by atoms with van der Waals surface area (Å²) < 4.78 is 5.23. The fourth-order valence-electron chi connectivity index (χ4n) is 1.22. The van der Waals surface area contributed by atoms with Crippen LogP contribution in [-0.2, 0) is 4.74 Å². The van der Waals surface area contributed by atoms with Gasteiger partial charge in [0, 0.05) is 18.6 Å². The van der Waals surface area contributed by atoms with E-state index >= 15 is 0 Å².